The summed E-state index contributed by atoms with van der Waals surface area (Å²) in [7, 11) is 3.43. The van der Waals surface area contributed by atoms with Crippen molar-refractivity contribution < 1.29 is 24.3 Å². The van der Waals surface area contributed by atoms with E-state index in [4.69, 9.17) is 0 Å². The molecule has 17 heavy (non-hydrogen) atoms. The Kier molecular flexibility index (Phi) is 4.52. The van der Waals surface area contributed by atoms with Crippen LogP contribution in [-0.4, -0.2) is 27.5 Å². The number of carbonyl (C=O) groups is 1. The minimum absolute atomic E-state index is 0. The first-order chi connectivity index (χ1) is 7.70. The van der Waals surface area contributed by atoms with Crippen molar-refractivity contribution in [3.63, 3.8) is 0 Å². The maximum absolute atomic E-state index is 12.0. The van der Waals surface area contributed by atoms with E-state index in [2.05, 4.69) is 16.3 Å². The first-order valence-corrected chi connectivity index (χ1v) is 4.77. The van der Waals surface area contributed by atoms with Gasteiger partial charge in [-0.15, -0.1) is 0 Å². The van der Waals surface area contributed by atoms with Gasteiger partial charge in [0.2, 0.25) is 5.91 Å². The first kappa shape index (κ1) is 13.5. The van der Waals surface area contributed by atoms with Crippen LogP contribution in [0.4, 0.5) is 5.69 Å². The molecule has 2 aromatic rings. The van der Waals surface area contributed by atoms with Gasteiger partial charge in [-0.05, 0) is 24.9 Å². The fourth-order valence-electron chi connectivity index (χ4n) is 1.36. The molecule has 2 aromatic heterocycles. The fourth-order valence-corrected chi connectivity index (χ4v) is 1.36. The number of hydrogen-bond donors (Lipinski definition) is 0. The molecule has 0 N–H and O–H groups in total. The number of aryl methyl sites for hydroxylation is 1. The predicted octanol–water partition coefficient (Wildman–Crippen LogP) is 0.889. The number of hydrogen-bond acceptors (Lipinski definition) is 3. The molecule has 0 aromatic carbocycles. The molecule has 0 unspecified atom stereocenters. The average Bonchev–Trinajstić information content (AvgIpc) is 2.75. The molecule has 0 aliphatic heterocycles. The third-order valence-electron chi connectivity index (χ3n) is 2.31. The Morgan fingerprint density at radius 2 is 2.24 bits per heavy atom. The van der Waals surface area contributed by atoms with Crippen molar-refractivity contribution in [1.29, 1.82) is 0 Å². The van der Waals surface area contributed by atoms with Crippen LogP contribution in [-0.2, 0) is 26.5 Å². The molecule has 84 valence electrons. The summed E-state index contributed by atoms with van der Waals surface area (Å²) < 4.78 is 1.56. The Bertz CT molecular complexity index is 497. The molecule has 0 radical (unpaired) electrons. The van der Waals surface area contributed by atoms with Crippen molar-refractivity contribution in [2.24, 2.45) is 7.05 Å². The largest absolute Gasteiger partial charge is 0.446 e. The van der Waals surface area contributed by atoms with E-state index in [1.807, 2.05) is 6.07 Å². The number of rotatable bonds is 2. The average molecular weight is 281 g/mol. The van der Waals surface area contributed by atoms with Crippen LogP contribution in [0, 0.1) is 6.33 Å². The SMILES string of the molecule is CN(C(=O)c1cn[c-]n1C)c1cccnc1.[Zn]. The van der Waals surface area contributed by atoms with Crippen molar-refractivity contribution in [2.45, 2.75) is 0 Å². The molecule has 0 aliphatic rings. The monoisotopic (exact) mass is 279 g/mol. The van der Waals surface area contributed by atoms with E-state index in [0.29, 0.717) is 5.69 Å². The number of aromatic nitrogens is 3. The van der Waals surface area contributed by atoms with Crippen LogP contribution in [0.2, 0.25) is 0 Å². The zero-order chi connectivity index (χ0) is 11.5. The molecule has 2 rings (SSSR count). The number of amides is 1. The van der Waals surface area contributed by atoms with Gasteiger partial charge in [0.1, 0.15) is 0 Å². The second-order valence-electron chi connectivity index (χ2n) is 3.38. The van der Waals surface area contributed by atoms with Gasteiger partial charge in [-0.1, -0.05) is 6.20 Å². The van der Waals surface area contributed by atoms with Gasteiger partial charge in [0.05, 0.1) is 11.9 Å². The Morgan fingerprint density at radius 1 is 1.47 bits per heavy atom. The second kappa shape index (κ2) is 5.68. The molecule has 1 amide bonds. The standard InChI is InChI=1S/C11H11N4O.Zn/c1-14-8-13-7-10(14)11(16)15(2)9-4-3-5-12-6-9;/h3-7H,1-2H3;/q-1;. The zero-order valence-corrected chi connectivity index (χ0v) is 12.8. The third-order valence-corrected chi connectivity index (χ3v) is 2.31. The summed E-state index contributed by atoms with van der Waals surface area (Å²) in [6, 6.07) is 3.61. The topological polar surface area (TPSA) is 51.0 Å². The van der Waals surface area contributed by atoms with E-state index in [1.54, 1.807) is 37.1 Å². The number of imidazole rings is 1. The number of carbonyl (C=O) groups excluding carboxylic acids is 1. The van der Waals surface area contributed by atoms with E-state index in [1.165, 1.54) is 11.1 Å². The van der Waals surface area contributed by atoms with E-state index in [9.17, 15) is 4.79 Å². The summed E-state index contributed by atoms with van der Waals surface area (Å²) in [5.41, 5.74) is 1.24. The van der Waals surface area contributed by atoms with Crippen LogP contribution in [0.15, 0.2) is 30.7 Å². The molecule has 0 aliphatic carbocycles. The smallest absolute Gasteiger partial charge is 0.208 e. The quantitative estimate of drug-likeness (QED) is 0.606. The van der Waals surface area contributed by atoms with Crippen molar-refractivity contribution >= 4 is 11.6 Å². The minimum Gasteiger partial charge on any atom is -0.446 e. The van der Waals surface area contributed by atoms with Gasteiger partial charge in [0.25, 0.3) is 0 Å². The first-order valence-electron chi connectivity index (χ1n) is 4.77. The van der Waals surface area contributed by atoms with E-state index in [-0.39, 0.29) is 25.4 Å². The third kappa shape index (κ3) is 2.77. The Morgan fingerprint density at radius 3 is 2.76 bits per heavy atom. The summed E-state index contributed by atoms with van der Waals surface area (Å²) >= 11 is 0. The Balaban J connectivity index is 0.00000144. The van der Waals surface area contributed by atoms with Gasteiger partial charge < -0.3 is 14.5 Å². The van der Waals surface area contributed by atoms with Gasteiger partial charge in [0, 0.05) is 39.0 Å². The summed E-state index contributed by atoms with van der Waals surface area (Å²) in [6.07, 6.45) is 7.46. The molecular weight excluding hydrogens is 270 g/mol. The Labute approximate surface area is 112 Å². The van der Waals surface area contributed by atoms with E-state index >= 15 is 0 Å². The molecule has 0 bridgehead atoms. The summed E-state index contributed by atoms with van der Waals surface area (Å²) in [5.74, 6) is -0.135. The van der Waals surface area contributed by atoms with Gasteiger partial charge in [-0.2, -0.15) is 0 Å². The molecule has 0 saturated heterocycles. The van der Waals surface area contributed by atoms with E-state index < -0.39 is 0 Å². The molecular formula is C11H11N4OZn-. The number of anilines is 1. The van der Waals surface area contributed by atoms with Crippen molar-refractivity contribution in [3.8, 4) is 0 Å². The summed E-state index contributed by atoms with van der Waals surface area (Å²) in [5, 5.41) is 0. The van der Waals surface area contributed by atoms with Crippen molar-refractivity contribution in [2.75, 3.05) is 11.9 Å². The van der Waals surface area contributed by atoms with Crippen LogP contribution in [0.3, 0.4) is 0 Å². The summed E-state index contributed by atoms with van der Waals surface area (Å²) in [4.78, 5) is 21.3. The van der Waals surface area contributed by atoms with Crippen LogP contribution >= 0.6 is 0 Å². The fraction of sp³-hybridized carbons (Fsp3) is 0.182. The van der Waals surface area contributed by atoms with Crippen LogP contribution in [0.5, 0.6) is 0 Å². The maximum Gasteiger partial charge on any atom is 0.208 e. The van der Waals surface area contributed by atoms with Crippen LogP contribution in [0.25, 0.3) is 0 Å². The maximum atomic E-state index is 12.0. The molecule has 0 spiro atoms. The van der Waals surface area contributed by atoms with Gasteiger partial charge in [0.15, 0.2) is 0 Å². The zero-order valence-electron chi connectivity index (χ0n) is 9.79. The van der Waals surface area contributed by atoms with Crippen LogP contribution in [0.1, 0.15) is 10.5 Å². The van der Waals surface area contributed by atoms with Crippen molar-refractivity contribution in [1.82, 2.24) is 14.5 Å². The Hall–Kier alpha value is -1.55. The van der Waals surface area contributed by atoms with Gasteiger partial charge in [-0.25, -0.2) is 0 Å². The molecule has 2 heterocycles. The number of nitrogens with zero attached hydrogens (tertiary/aromatic N) is 4. The predicted molar refractivity (Wildman–Crippen MR) is 59.0 cm³/mol. The normalized spacial score (nSPS) is 9.53. The molecule has 0 atom stereocenters. The minimum atomic E-state index is -0.135. The van der Waals surface area contributed by atoms with Gasteiger partial charge in [-0.3, -0.25) is 9.78 Å². The summed E-state index contributed by atoms with van der Waals surface area (Å²) in [6.45, 7) is 0. The molecule has 5 nitrogen and oxygen atoms in total. The van der Waals surface area contributed by atoms with Crippen molar-refractivity contribution in [3.05, 3.63) is 42.7 Å². The van der Waals surface area contributed by atoms with Crippen LogP contribution < -0.4 is 4.90 Å². The second-order valence-corrected chi connectivity index (χ2v) is 3.38. The van der Waals surface area contributed by atoms with E-state index in [0.717, 1.165) is 5.69 Å². The molecule has 0 fully saturated rings. The molecule has 0 saturated carbocycles. The molecule has 6 heteroatoms. The van der Waals surface area contributed by atoms with Gasteiger partial charge >= 0.3 is 0 Å². The number of pyridine rings is 1.